The number of benzene rings is 2. The molecular formula is C25H32N2O6. The van der Waals surface area contributed by atoms with Crippen LogP contribution in [0.2, 0.25) is 0 Å². The van der Waals surface area contributed by atoms with E-state index >= 15 is 0 Å². The Hall–Kier alpha value is -3.42. The molecule has 0 aromatic heterocycles. The first kappa shape index (κ1) is 24.2. The second-order valence-corrected chi connectivity index (χ2v) is 7.82. The molecule has 2 amide bonds. The fraction of sp³-hybridized carbons (Fsp3) is 0.440. The van der Waals surface area contributed by atoms with Crippen LogP contribution in [0.5, 0.6) is 23.0 Å². The number of para-hydroxylation sites is 1. The number of methoxy groups -OCH3 is 3. The molecule has 0 spiro atoms. The van der Waals surface area contributed by atoms with Crippen molar-refractivity contribution in [2.75, 3.05) is 41.0 Å². The van der Waals surface area contributed by atoms with E-state index in [1.807, 2.05) is 30.3 Å². The maximum absolute atomic E-state index is 12.9. The number of ether oxygens (including phenoxy) is 4. The fourth-order valence-electron chi connectivity index (χ4n) is 3.92. The number of piperidine rings is 1. The average molecular weight is 457 g/mol. The topological polar surface area (TPSA) is 86.3 Å². The van der Waals surface area contributed by atoms with Crippen molar-refractivity contribution in [1.82, 2.24) is 10.2 Å². The Morgan fingerprint density at radius 1 is 1.00 bits per heavy atom. The SMILES string of the molecule is COc1cc(OC)c(CNC(=O)C2CCCN(C(=O)CCOc3ccccc3)C2)c(OC)c1. The molecule has 1 heterocycles. The van der Waals surface area contributed by atoms with Crippen LogP contribution in [0.4, 0.5) is 0 Å². The predicted molar refractivity (Wildman–Crippen MR) is 124 cm³/mol. The summed E-state index contributed by atoms with van der Waals surface area (Å²) >= 11 is 0. The summed E-state index contributed by atoms with van der Waals surface area (Å²) in [4.78, 5) is 27.3. The molecule has 1 atom stereocenters. The zero-order valence-corrected chi connectivity index (χ0v) is 19.5. The van der Waals surface area contributed by atoms with E-state index in [2.05, 4.69) is 5.32 Å². The van der Waals surface area contributed by atoms with Gasteiger partial charge in [0.25, 0.3) is 0 Å². The lowest BCUT2D eigenvalue weighted by molar-refractivity contribution is -0.136. The third-order valence-electron chi connectivity index (χ3n) is 5.73. The van der Waals surface area contributed by atoms with Crippen LogP contribution in [-0.2, 0) is 16.1 Å². The van der Waals surface area contributed by atoms with Crippen molar-refractivity contribution in [3.8, 4) is 23.0 Å². The highest BCUT2D eigenvalue weighted by Gasteiger charge is 2.28. The molecule has 178 valence electrons. The second-order valence-electron chi connectivity index (χ2n) is 7.82. The minimum absolute atomic E-state index is 0.00178. The quantitative estimate of drug-likeness (QED) is 0.592. The largest absolute Gasteiger partial charge is 0.496 e. The summed E-state index contributed by atoms with van der Waals surface area (Å²) in [6.07, 6.45) is 1.81. The Morgan fingerprint density at radius 3 is 2.33 bits per heavy atom. The number of rotatable bonds is 10. The van der Waals surface area contributed by atoms with E-state index in [4.69, 9.17) is 18.9 Å². The van der Waals surface area contributed by atoms with Crippen LogP contribution < -0.4 is 24.3 Å². The molecule has 8 heteroatoms. The fourth-order valence-corrected chi connectivity index (χ4v) is 3.92. The van der Waals surface area contributed by atoms with Crippen molar-refractivity contribution in [3.05, 3.63) is 48.0 Å². The molecule has 2 aromatic rings. The zero-order valence-electron chi connectivity index (χ0n) is 19.5. The molecule has 3 rings (SSSR count). The zero-order chi connectivity index (χ0) is 23.6. The lowest BCUT2D eigenvalue weighted by Gasteiger charge is -2.32. The highest BCUT2D eigenvalue weighted by Crippen LogP contribution is 2.34. The normalized spacial score (nSPS) is 15.5. The summed E-state index contributed by atoms with van der Waals surface area (Å²) in [5.74, 6) is 2.15. The molecule has 2 aromatic carbocycles. The molecule has 0 bridgehead atoms. The third-order valence-corrected chi connectivity index (χ3v) is 5.73. The lowest BCUT2D eigenvalue weighted by Crippen LogP contribution is -2.45. The van der Waals surface area contributed by atoms with Gasteiger partial charge in [0.2, 0.25) is 11.8 Å². The summed E-state index contributed by atoms with van der Waals surface area (Å²) in [6.45, 7) is 1.64. The molecule has 1 aliphatic heterocycles. The number of amides is 2. The predicted octanol–water partition coefficient (Wildman–Crippen LogP) is 3.04. The summed E-state index contributed by atoms with van der Waals surface area (Å²) in [6, 6.07) is 12.9. The van der Waals surface area contributed by atoms with Crippen LogP contribution in [0, 0.1) is 5.92 Å². The van der Waals surface area contributed by atoms with Crippen molar-refractivity contribution in [2.45, 2.75) is 25.8 Å². The van der Waals surface area contributed by atoms with Crippen LogP contribution in [0.1, 0.15) is 24.8 Å². The highest BCUT2D eigenvalue weighted by atomic mass is 16.5. The third kappa shape index (κ3) is 6.54. The highest BCUT2D eigenvalue weighted by molar-refractivity contribution is 5.81. The van der Waals surface area contributed by atoms with Crippen LogP contribution in [0.15, 0.2) is 42.5 Å². The second kappa shape index (κ2) is 12.0. The number of hydrogen-bond acceptors (Lipinski definition) is 6. The Kier molecular flexibility index (Phi) is 8.80. The number of likely N-dealkylation sites (tertiary alicyclic amines) is 1. The summed E-state index contributed by atoms with van der Waals surface area (Å²) < 4.78 is 21.8. The number of nitrogens with one attached hydrogen (secondary N) is 1. The van der Waals surface area contributed by atoms with Crippen LogP contribution in [0.3, 0.4) is 0 Å². The first-order chi connectivity index (χ1) is 16.0. The molecule has 1 fully saturated rings. The molecule has 0 saturated carbocycles. The Labute approximate surface area is 194 Å². The van der Waals surface area contributed by atoms with Crippen molar-refractivity contribution in [1.29, 1.82) is 0 Å². The Bertz CT molecular complexity index is 909. The van der Waals surface area contributed by atoms with E-state index in [1.54, 1.807) is 38.4 Å². The number of nitrogens with zero attached hydrogens (tertiary/aromatic N) is 1. The maximum Gasteiger partial charge on any atom is 0.226 e. The van der Waals surface area contributed by atoms with Gasteiger partial charge in [-0.05, 0) is 25.0 Å². The van der Waals surface area contributed by atoms with Gasteiger partial charge in [0.1, 0.15) is 23.0 Å². The van der Waals surface area contributed by atoms with Gasteiger partial charge in [0, 0.05) is 25.2 Å². The van der Waals surface area contributed by atoms with E-state index in [0.29, 0.717) is 36.9 Å². The minimum atomic E-state index is -0.257. The van der Waals surface area contributed by atoms with Gasteiger partial charge in [0.15, 0.2) is 0 Å². The lowest BCUT2D eigenvalue weighted by atomic mass is 9.96. The molecule has 0 radical (unpaired) electrons. The number of carbonyl (C=O) groups excluding carboxylic acids is 2. The van der Waals surface area contributed by atoms with Gasteiger partial charge in [-0.1, -0.05) is 18.2 Å². The molecular weight excluding hydrogens is 424 g/mol. The van der Waals surface area contributed by atoms with Crippen molar-refractivity contribution in [2.24, 2.45) is 5.92 Å². The van der Waals surface area contributed by atoms with Crippen molar-refractivity contribution in [3.63, 3.8) is 0 Å². The van der Waals surface area contributed by atoms with Gasteiger partial charge < -0.3 is 29.2 Å². The van der Waals surface area contributed by atoms with E-state index in [9.17, 15) is 9.59 Å². The first-order valence-electron chi connectivity index (χ1n) is 11.1. The standard InChI is InChI=1S/C25H32N2O6/c1-30-20-14-22(31-2)21(23(15-20)32-3)16-26-25(29)18-8-7-12-27(17-18)24(28)11-13-33-19-9-5-4-6-10-19/h4-6,9-10,14-15,18H,7-8,11-13,16-17H2,1-3H3,(H,26,29). The summed E-state index contributed by atoms with van der Waals surface area (Å²) in [5, 5.41) is 2.98. The molecule has 8 nitrogen and oxygen atoms in total. The van der Waals surface area contributed by atoms with E-state index in [-0.39, 0.29) is 30.7 Å². The van der Waals surface area contributed by atoms with Gasteiger partial charge in [0.05, 0.1) is 52.4 Å². The maximum atomic E-state index is 12.9. The van der Waals surface area contributed by atoms with Gasteiger partial charge in [-0.3, -0.25) is 9.59 Å². The van der Waals surface area contributed by atoms with Crippen molar-refractivity contribution < 1.29 is 28.5 Å². The Balaban J connectivity index is 1.53. The number of carbonyl (C=O) groups is 2. The van der Waals surface area contributed by atoms with E-state index < -0.39 is 0 Å². The van der Waals surface area contributed by atoms with E-state index in [0.717, 1.165) is 24.2 Å². The summed E-state index contributed by atoms with van der Waals surface area (Å²) in [5.41, 5.74) is 0.732. The summed E-state index contributed by atoms with van der Waals surface area (Å²) in [7, 11) is 4.69. The number of hydrogen-bond donors (Lipinski definition) is 1. The smallest absolute Gasteiger partial charge is 0.226 e. The van der Waals surface area contributed by atoms with Crippen LogP contribution in [-0.4, -0.2) is 57.7 Å². The van der Waals surface area contributed by atoms with Crippen molar-refractivity contribution >= 4 is 11.8 Å². The van der Waals surface area contributed by atoms with Crippen LogP contribution >= 0.6 is 0 Å². The molecule has 1 aliphatic rings. The molecule has 33 heavy (non-hydrogen) atoms. The minimum Gasteiger partial charge on any atom is -0.496 e. The van der Waals surface area contributed by atoms with Gasteiger partial charge in [-0.15, -0.1) is 0 Å². The molecule has 1 unspecified atom stereocenters. The monoisotopic (exact) mass is 456 g/mol. The van der Waals surface area contributed by atoms with Gasteiger partial charge in [-0.2, -0.15) is 0 Å². The molecule has 0 aliphatic carbocycles. The Morgan fingerprint density at radius 2 is 1.70 bits per heavy atom. The molecule has 1 saturated heterocycles. The average Bonchev–Trinajstić information content (AvgIpc) is 2.87. The van der Waals surface area contributed by atoms with Gasteiger partial charge in [-0.25, -0.2) is 0 Å². The van der Waals surface area contributed by atoms with Gasteiger partial charge >= 0.3 is 0 Å². The molecule has 1 N–H and O–H groups in total. The first-order valence-corrected chi connectivity index (χ1v) is 11.1. The van der Waals surface area contributed by atoms with E-state index in [1.165, 1.54) is 0 Å². The van der Waals surface area contributed by atoms with Crippen LogP contribution in [0.25, 0.3) is 0 Å².